The number of rotatable bonds is 4. The van der Waals surface area contributed by atoms with Crippen LogP contribution in [0.2, 0.25) is 10.0 Å². The van der Waals surface area contributed by atoms with E-state index in [0.29, 0.717) is 27.0 Å². The molecule has 2 amide bonds. The van der Waals surface area contributed by atoms with Gasteiger partial charge in [0.1, 0.15) is 0 Å². The molecule has 1 heterocycles. The third kappa shape index (κ3) is 3.35. The van der Waals surface area contributed by atoms with Gasteiger partial charge in [0.2, 0.25) is 0 Å². The van der Waals surface area contributed by atoms with Crippen molar-refractivity contribution in [2.75, 3.05) is 9.80 Å². The molecule has 1 aliphatic heterocycles. The molecule has 0 radical (unpaired) electrons. The van der Waals surface area contributed by atoms with Crippen molar-refractivity contribution >= 4 is 40.6 Å². The minimum Gasteiger partial charge on any atom is -0.365 e. The smallest absolute Gasteiger partial charge is 0.332 e. The van der Waals surface area contributed by atoms with Crippen molar-refractivity contribution in [1.29, 1.82) is 0 Å². The van der Waals surface area contributed by atoms with Crippen LogP contribution in [0.25, 0.3) is 0 Å². The number of halogens is 2. The van der Waals surface area contributed by atoms with Crippen LogP contribution >= 0.6 is 23.2 Å². The molecule has 0 saturated carbocycles. The first-order valence-corrected chi connectivity index (χ1v) is 10.6. The summed E-state index contributed by atoms with van der Waals surface area (Å²) in [7, 11) is 0. The van der Waals surface area contributed by atoms with Gasteiger partial charge in [-0.3, -0.25) is 9.80 Å². The molecule has 3 aromatic rings. The SMILES string of the molecule is CCc1cccc(C2(O)[C@H](C)N(c3ccc(Cl)cc3)C(=O)N2c2ccc(Cl)cc2)c1. The van der Waals surface area contributed by atoms with Crippen molar-refractivity contribution in [2.45, 2.75) is 32.0 Å². The fourth-order valence-corrected chi connectivity index (χ4v) is 4.26. The summed E-state index contributed by atoms with van der Waals surface area (Å²) >= 11 is 12.1. The van der Waals surface area contributed by atoms with Gasteiger partial charge in [-0.05, 0) is 67.4 Å². The summed E-state index contributed by atoms with van der Waals surface area (Å²) in [6.07, 6.45) is 0.827. The molecule has 1 aliphatic rings. The van der Waals surface area contributed by atoms with Gasteiger partial charge < -0.3 is 5.11 Å². The summed E-state index contributed by atoms with van der Waals surface area (Å²) in [6, 6.07) is 20.8. The topological polar surface area (TPSA) is 43.8 Å². The summed E-state index contributed by atoms with van der Waals surface area (Å²) in [6.45, 7) is 3.91. The lowest BCUT2D eigenvalue weighted by Crippen LogP contribution is -2.48. The molecule has 0 aliphatic carbocycles. The molecular formula is C24H22Cl2N2O2. The van der Waals surface area contributed by atoms with Gasteiger partial charge in [0.15, 0.2) is 5.72 Å². The number of hydrogen-bond acceptors (Lipinski definition) is 2. The number of carbonyl (C=O) groups excluding carboxylic acids is 1. The number of urea groups is 1. The van der Waals surface area contributed by atoms with Gasteiger partial charge in [0.05, 0.1) is 6.04 Å². The fraction of sp³-hybridized carbons (Fsp3) is 0.208. The zero-order valence-electron chi connectivity index (χ0n) is 16.7. The van der Waals surface area contributed by atoms with Crippen LogP contribution in [0.4, 0.5) is 16.2 Å². The van der Waals surface area contributed by atoms with E-state index in [9.17, 15) is 9.90 Å². The van der Waals surface area contributed by atoms with E-state index in [-0.39, 0.29) is 6.03 Å². The monoisotopic (exact) mass is 440 g/mol. The summed E-state index contributed by atoms with van der Waals surface area (Å²) < 4.78 is 0. The molecule has 0 bridgehead atoms. The first kappa shape index (κ1) is 20.7. The highest BCUT2D eigenvalue weighted by Crippen LogP contribution is 2.44. The molecule has 1 fully saturated rings. The lowest BCUT2D eigenvalue weighted by molar-refractivity contribution is 0.0371. The quantitative estimate of drug-likeness (QED) is 0.521. The maximum Gasteiger partial charge on any atom is 0.332 e. The Hall–Kier alpha value is -2.53. The average Bonchev–Trinajstić information content (AvgIpc) is 2.96. The van der Waals surface area contributed by atoms with E-state index in [1.807, 2.05) is 31.2 Å². The predicted octanol–water partition coefficient (Wildman–Crippen LogP) is 6.24. The summed E-state index contributed by atoms with van der Waals surface area (Å²) in [5.74, 6) is 0. The van der Waals surface area contributed by atoms with Gasteiger partial charge >= 0.3 is 6.03 Å². The van der Waals surface area contributed by atoms with Crippen molar-refractivity contribution in [3.8, 4) is 0 Å². The Kier molecular flexibility index (Phi) is 5.49. The Bertz CT molecular complexity index is 1070. The van der Waals surface area contributed by atoms with Crippen LogP contribution in [0.15, 0.2) is 72.8 Å². The Balaban J connectivity index is 1.90. The lowest BCUT2D eigenvalue weighted by atomic mass is 9.92. The molecule has 4 rings (SSSR count). The first-order chi connectivity index (χ1) is 14.4. The normalized spacial score (nSPS) is 21.4. The van der Waals surface area contributed by atoms with Crippen molar-refractivity contribution in [1.82, 2.24) is 0 Å². The van der Waals surface area contributed by atoms with Crippen molar-refractivity contribution in [2.24, 2.45) is 0 Å². The Morgan fingerprint density at radius 3 is 2.07 bits per heavy atom. The highest BCUT2D eigenvalue weighted by Gasteiger charge is 2.56. The number of hydrogen-bond donors (Lipinski definition) is 1. The Morgan fingerprint density at radius 1 is 0.933 bits per heavy atom. The maximum atomic E-state index is 13.7. The lowest BCUT2D eigenvalue weighted by Gasteiger charge is -2.36. The van der Waals surface area contributed by atoms with E-state index in [0.717, 1.165) is 12.0 Å². The fourth-order valence-electron chi connectivity index (χ4n) is 4.01. The van der Waals surface area contributed by atoms with Crippen LogP contribution in [0.3, 0.4) is 0 Å². The van der Waals surface area contributed by atoms with Gasteiger partial charge in [-0.1, -0.05) is 54.4 Å². The molecule has 3 aromatic carbocycles. The average molecular weight is 441 g/mol. The number of amides is 2. The number of aryl methyl sites for hydroxylation is 1. The van der Waals surface area contributed by atoms with Gasteiger partial charge in [0.25, 0.3) is 0 Å². The van der Waals surface area contributed by atoms with Gasteiger partial charge in [-0.15, -0.1) is 0 Å². The maximum absolute atomic E-state index is 13.7. The van der Waals surface area contributed by atoms with E-state index in [4.69, 9.17) is 23.2 Å². The molecule has 30 heavy (non-hydrogen) atoms. The molecule has 2 atom stereocenters. The highest BCUT2D eigenvalue weighted by molar-refractivity contribution is 6.31. The Labute approximate surface area is 186 Å². The first-order valence-electron chi connectivity index (χ1n) is 9.82. The van der Waals surface area contributed by atoms with Crippen LogP contribution in [0.5, 0.6) is 0 Å². The van der Waals surface area contributed by atoms with Crippen molar-refractivity contribution in [3.63, 3.8) is 0 Å². The predicted molar refractivity (Wildman–Crippen MR) is 122 cm³/mol. The summed E-state index contributed by atoms with van der Waals surface area (Å²) in [5.41, 5.74) is 1.40. The van der Waals surface area contributed by atoms with Crippen LogP contribution in [0.1, 0.15) is 25.0 Å². The van der Waals surface area contributed by atoms with Crippen LogP contribution in [0, 0.1) is 0 Å². The number of anilines is 2. The van der Waals surface area contributed by atoms with E-state index in [1.54, 1.807) is 53.4 Å². The van der Waals surface area contributed by atoms with Gasteiger partial charge in [-0.2, -0.15) is 0 Å². The Morgan fingerprint density at radius 2 is 1.50 bits per heavy atom. The second-order valence-electron chi connectivity index (χ2n) is 7.40. The highest BCUT2D eigenvalue weighted by atomic mass is 35.5. The molecule has 0 spiro atoms. The minimum atomic E-state index is -1.57. The van der Waals surface area contributed by atoms with E-state index in [1.165, 1.54) is 4.90 Å². The minimum absolute atomic E-state index is 0.323. The number of aliphatic hydroxyl groups is 1. The molecular weight excluding hydrogens is 419 g/mol. The van der Waals surface area contributed by atoms with Gasteiger partial charge in [-0.25, -0.2) is 4.79 Å². The molecule has 0 aromatic heterocycles. The summed E-state index contributed by atoms with van der Waals surface area (Å²) in [4.78, 5) is 16.7. The second-order valence-corrected chi connectivity index (χ2v) is 8.27. The zero-order valence-corrected chi connectivity index (χ0v) is 18.2. The molecule has 4 nitrogen and oxygen atoms in total. The van der Waals surface area contributed by atoms with Crippen molar-refractivity contribution < 1.29 is 9.90 Å². The van der Waals surface area contributed by atoms with Crippen molar-refractivity contribution in [3.05, 3.63) is 94.0 Å². The van der Waals surface area contributed by atoms with E-state index < -0.39 is 11.8 Å². The molecule has 1 N–H and O–H groups in total. The van der Waals surface area contributed by atoms with E-state index >= 15 is 0 Å². The zero-order chi connectivity index (χ0) is 21.5. The van der Waals surface area contributed by atoms with E-state index in [2.05, 4.69) is 6.92 Å². The second kappa shape index (κ2) is 7.95. The van der Waals surface area contributed by atoms with Crippen LogP contribution < -0.4 is 9.80 Å². The van der Waals surface area contributed by atoms with Gasteiger partial charge in [0, 0.05) is 27.0 Å². The number of carbonyl (C=O) groups is 1. The number of benzene rings is 3. The molecule has 154 valence electrons. The standard InChI is InChI=1S/C24H22Cl2N2O2/c1-3-17-5-4-6-18(15-17)24(30)16(2)27(21-11-7-19(25)8-12-21)23(29)28(24)22-13-9-20(26)10-14-22/h4-16,30H,3H2,1-2H3/t16-,24?/m0/s1. The van der Waals surface area contributed by atoms with Crippen LogP contribution in [-0.2, 0) is 12.1 Å². The molecule has 6 heteroatoms. The number of nitrogens with zero attached hydrogens (tertiary/aromatic N) is 2. The third-order valence-corrected chi connectivity index (χ3v) is 6.16. The summed E-state index contributed by atoms with van der Waals surface area (Å²) in [5, 5.41) is 13.2. The largest absolute Gasteiger partial charge is 0.365 e. The third-order valence-electron chi connectivity index (χ3n) is 5.66. The molecule has 1 unspecified atom stereocenters. The van der Waals surface area contributed by atoms with Crippen LogP contribution in [-0.4, -0.2) is 17.2 Å². The molecule has 1 saturated heterocycles.